The molecule has 2 heterocycles. The van der Waals surface area contributed by atoms with Crippen LogP contribution in [0.15, 0.2) is 0 Å². The zero-order chi connectivity index (χ0) is 16.2. The molecule has 1 amide bonds. The first-order chi connectivity index (χ1) is 11.2. The Balaban J connectivity index is 1.60. The lowest BCUT2D eigenvalue weighted by Crippen LogP contribution is -2.38. The molecule has 3 rings (SSSR count). The molecule has 1 aliphatic heterocycles. The van der Waals surface area contributed by atoms with Crippen LogP contribution in [0.1, 0.15) is 41.0 Å². The van der Waals surface area contributed by atoms with Crippen molar-refractivity contribution in [1.82, 2.24) is 10.3 Å². The Labute approximate surface area is 141 Å². The van der Waals surface area contributed by atoms with Gasteiger partial charge in [-0.3, -0.25) is 4.79 Å². The molecule has 0 bridgehead atoms. The average molecular weight is 339 g/mol. The molecule has 1 saturated heterocycles. The number of aromatic nitrogens is 1. The summed E-state index contributed by atoms with van der Waals surface area (Å²) in [4.78, 5) is 20.1. The molecule has 1 aromatic heterocycles. The number of rotatable bonds is 4. The number of aryl methyl sites for hydroxylation is 1. The van der Waals surface area contributed by atoms with Crippen LogP contribution in [-0.4, -0.2) is 56.5 Å². The molecule has 6 nitrogen and oxygen atoms in total. The molecule has 1 N–H and O–H groups in total. The van der Waals surface area contributed by atoms with Crippen LogP contribution >= 0.6 is 11.3 Å². The van der Waals surface area contributed by atoms with Crippen LogP contribution in [0, 0.1) is 6.92 Å². The lowest BCUT2D eigenvalue weighted by molar-refractivity contribution is 0.0600. The number of carbonyl (C=O) groups excluding carboxylic acids is 1. The molecule has 1 aliphatic carbocycles. The van der Waals surface area contributed by atoms with Crippen molar-refractivity contribution >= 4 is 22.4 Å². The SMILES string of the molecule is COC1CCC(NC(=O)c2sc(N3CCOCC3)nc2C)CC1. The van der Waals surface area contributed by atoms with E-state index in [2.05, 4.69) is 15.2 Å². The average Bonchev–Trinajstić information content (AvgIpc) is 2.98. The normalized spacial score (nSPS) is 25.4. The number of carbonyl (C=O) groups is 1. The highest BCUT2D eigenvalue weighted by Gasteiger charge is 2.25. The van der Waals surface area contributed by atoms with Crippen molar-refractivity contribution in [1.29, 1.82) is 0 Å². The minimum atomic E-state index is 0.0142. The predicted octanol–water partition coefficient (Wildman–Crippen LogP) is 1.98. The van der Waals surface area contributed by atoms with Crippen molar-refractivity contribution in [2.24, 2.45) is 0 Å². The van der Waals surface area contributed by atoms with Gasteiger partial charge >= 0.3 is 0 Å². The maximum absolute atomic E-state index is 12.6. The third kappa shape index (κ3) is 4.02. The summed E-state index contributed by atoms with van der Waals surface area (Å²) in [6, 6.07) is 0.252. The number of methoxy groups -OCH3 is 1. The molecule has 1 aromatic rings. The van der Waals surface area contributed by atoms with Crippen molar-refractivity contribution in [3.63, 3.8) is 0 Å². The Hall–Kier alpha value is -1.18. The molecule has 0 aromatic carbocycles. The van der Waals surface area contributed by atoms with Crippen LogP contribution in [0.3, 0.4) is 0 Å². The number of ether oxygens (including phenoxy) is 2. The monoisotopic (exact) mass is 339 g/mol. The van der Waals surface area contributed by atoms with E-state index in [0.29, 0.717) is 6.10 Å². The first kappa shape index (κ1) is 16.7. The van der Waals surface area contributed by atoms with E-state index in [0.717, 1.165) is 67.7 Å². The fraction of sp³-hybridized carbons (Fsp3) is 0.750. The molecule has 7 heteroatoms. The number of nitrogens with zero attached hydrogens (tertiary/aromatic N) is 2. The summed E-state index contributed by atoms with van der Waals surface area (Å²) in [5, 5.41) is 4.10. The van der Waals surface area contributed by atoms with Gasteiger partial charge in [0.1, 0.15) is 4.88 Å². The second kappa shape index (κ2) is 7.59. The summed E-state index contributed by atoms with van der Waals surface area (Å²) >= 11 is 1.49. The fourth-order valence-electron chi connectivity index (χ4n) is 3.18. The van der Waals surface area contributed by atoms with Crippen LogP contribution in [-0.2, 0) is 9.47 Å². The third-order valence-corrected chi connectivity index (χ3v) is 5.83. The van der Waals surface area contributed by atoms with Crippen molar-refractivity contribution in [2.45, 2.75) is 44.8 Å². The van der Waals surface area contributed by atoms with E-state index in [-0.39, 0.29) is 11.9 Å². The number of nitrogens with one attached hydrogen (secondary N) is 1. The number of morpholine rings is 1. The molecule has 0 radical (unpaired) electrons. The largest absolute Gasteiger partial charge is 0.381 e. The second-order valence-corrected chi connectivity index (χ2v) is 7.17. The highest BCUT2D eigenvalue weighted by atomic mass is 32.1. The van der Waals surface area contributed by atoms with Crippen molar-refractivity contribution < 1.29 is 14.3 Å². The summed E-state index contributed by atoms with van der Waals surface area (Å²) in [6.07, 6.45) is 4.35. The van der Waals surface area contributed by atoms with Crippen LogP contribution in [0.2, 0.25) is 0 Å². The Morgan fingerprint density at radius 1 is 1.30 bits per heavy atom. The van der Waals surface area contributed by atoms with E-state index in [1.165, 1.54) is 11.3 Å². The molecule has 23 heavy (non-hydrogen) atoms. The van der Waals surface area contributed by atoms with Gasteiger partial charge in [0.2, 0.25) is 0 Å². The van der Waals surface area contributed by atoms with Crippen molar-refractivity contribution in [3.8, 4) is 0 Å². The lowest BCUT2D eigenvalue weighted by Gasteiger charge is -2.28. The Morgan fingerprint density at radius 3 is 2.65 bits per heavy atom. The summed E-state index contributed by atoms with van der Waals surface area (Å²) in [5.41, 5.74) is 0.819. The molecule has 128 valence electrons. The molecular formula is C16H25N3O3S. The van der Waals surface area contributed by atoms with Gasteiger partial charge < -0.3 is 19.7 Å². The molecule has 1 saturated carbocycles. The van der Waals surface area contributed by atoms with E-state index in [1.54, 1.807) is 7.11 Å². The van der Waals surface area contributed by atoms with Crippen LogP contribution in [0.5, 0.6) is 0 Å². The maximum atomic E-state index is 12.6. The summed E-state index contributed by atoms with van der Waals surface area (Å²) in [5.74, 6) is 0.0142. The van der Waals surface area contributed by atoms with E-state index >= 15 is 0 Å². The molecule has 2 fully saturated rings. The van der Waals surface area contributed by atoms with Gasteiger partial charge in [-0.05, 0) is 32.6 Å². The number of amides is 1. The summed E-state index contributed by atoms with van der Waals surface area (Å²) in [7, 11) is 1.76. The van der Waals surface area contributed by atoms with Gasteiger partial charge in [-0.1, -0.05) is 11.3 Å². The maximum Gasteiger partial charge on any atom is 0.263 e. The topological polar surface area (TPSA) is 63.7 Å². The van der Waals surface area contributed by atoms with E-state index < -0.39 is 0 Å². The Bertz CT molecular complexity index is 535. The quantitative estimate of drug-likeness (QED) is 0.909. The van der Waals surface area contributed by atoms with E-state index in [9.17, 15) is 4.79 Å². The van der Waals surface area contributed by atoms with Gasteiger partial charge in [0.05, 0.1) is 25.0 Å². The molecular weight excluding hydrogens is 314 g/mol. The molecule has 2 aliphatic rings. The molecule has 0 unspecified atom stereocenters. The van der Waals surface area contributed by atoms with Crippen molar-refractivity contribution in [3.05, 3.63) is 10.6 Å². The van der Waals surface area contributed by atoms with Gasteiger partial charge in [0, 0.05) is 26.2 Å². The second-order valence-electron chi connectivity index (χ2n) is 6.19. The number of thiazole rings is 1. The zero-order valence-corrected chi connectivity index (χ0v) is 14.7. The Kier molecular flexibility index (Phi) is 5.50. The first-order valence-corrected chi connectivity index (χ1v) is 9.13. The van der Waals surface area contributed by atoms with Gasteiger partial charge in [0.15, 0.2) is 5.13 Å². The van der Waals surface area contributed by atoms with E-state index in [4.69, 9.17) is 9.47 Å². The lowest BCUT2D eigenvalue weighted by atomic mass is 9.93. The van der Waals surface area contributed by atoms with Gasteiger partial charge in [-0.2, -0.15) is 0 Å². The number of hydrogen-bond donors (Lipinski definition) is 1. The molecule has 0 atom stereocenters. The smallest absolute Gasteiger partial charge is 0.263 e. The van der Waals surface area contributed by atoms with Gasteiger partial charge in [-0.15, -0.1) is 0 Å². The predicted molar refractivity (Wildman–Crippen MR) is 90.4 cm³/mol. The summed E-state index contributed by atoms with van der Waals surface area (Å²) in [6.45, 7) is 5.05. The first-order valence-electron chi connectivity index (χ1n) is 8.31. The number of hydrogen-bond acceptors (Lipinski definition) is 6. The van der Waals surface area contributed by atoms with Gasteiger partial charge in [-0.25, -0.2) is 4.98 Å². The van der Waals surface area contributed by atoms with Crippen LogP contribution in [0.25, 0.3) is 0 Å². The van der Waals surface area contributed by atoms with E-state index in [1.807, 2.05) is 6.92 Å². The molecule has 0 spiro atoms. The van der Waals surface area contributed by atoms with Crippen LogP contribution in [0.4, 0.5) is 5.13 Å². The van der Waals surface area contributed by atoms with Crippen molar-refractivity contribution in [2.75, 3.05) is 38.3 Å². The third-order valence-electron chi connectivity index (χ3n) is 4.62. The standard InChI is InChI=1S/C16H25N3O3S/c1-11-14(23-16(17-11)19-7-9-22-10-8-19)15(20)18-12-3-5-13(21-2)6-4-12/h12-13H,3-10H2,1-2H3,(H,18,20). The fourth-order valence-corrected chi connectivity index (χ4v) is 4.20. The highest BCUT2D eigenvalue weighted by Crippen LogP contribution is 2.27. The minimum absolute atomic E-state index is 0.0142. The Morgan fingerprint density at radius 2 is 2.00 bits per heavy atom. The highest BCUT2D eigenvalue weighted by molar-refractivity contribution is 7.17. The zero-order valence-electron chi connectivity index (χ0n) is 13.8. The van der Waals surface area contributed by atoms with Crippen LogP contribution < -0.4 is 10.2 Å². The van der Waals surface area contributed by atoms with Gasteiger partial charge in [0.25, 0.3) is 5.91 Å². The summed E-state index contributed by atoms with van der Waals surface area (Å²) < 4.78 is 10.8. The minimum Gasteiger partial charge on any atom is -0.381 e. The number of anilines is 1.